The van der Waals surface area contributed by atoms with Crippen LogP contribution in [0, 0.1) is 0 Å². The smallest absolute Gasteiger partial charge is 0.255 e. The molecule has 0 bridgehead atoms. The van der Waals surface area contributed by atoms with Crippen LogP contribution < -0.4 is 9.64 Å². The van der Waals surface area contributed by atoms with Gasteiger partial charge in [0.25, 0.3) is 5.91 Å². The van der Waals surface area contributed by atoms with Crippen LogP contribution in [-0.4, -0.2) is 43.6 Å². The van der Waals surface area contributed by atoms with E-state index < -0.39 is 0 Å². The van der Waals surface area contributed by atoms with Gasteiger partial charge in [-0.25, -0.2) is 0 Å². The lowest BCUT2D eigenvalue weighted by atomic mass is 10.1. The number of halogens is 2. The van der Waals surface area contributed by atoms with E-state index in [-0.39, 0.29) is 5.91 Å². The van der Waals surface area contributed by atoms with Crippen molar-refractivity contribution >= 4 is 34.8 Å². The lowest BCUT2D eigenvalue weighted by Gasteiger charge is -2.36. The molecule has 0 aliphatic carbocycles. The first-order chi connectivity index (χ1) is 12.1. The second kappa shape index (κ2) is 7.98. The van der Waals surface area contributed by atoms with E-state index >= 15 is 0 Å². The summed E-state index contributed by atoms with van der Waals surface area (Å²) in [6, 6.07) is 13.0. The van der Waals surface area contributed by atoms with Crippen LogP contribution in [0.4, 0.5) is 5.69 Å². The van der Waals surface area contributed by atoms with E-state index in [2.05, 4.69) is 11.0 Å². The molecule has 1 amide bonds. The summed E-state index contributed by atoms with van der Waals surface area (Å²) in [7, 11) is 0. The number of nitrogens with zero attached hydrogens (tertiary/aromatic N) is 2. The Morgan fingerprint density at radius 3 is 2.48 bits per heavy atom. The molecule has 0 radical (unpaired) electrons. The van der Waals surface area contributed by atoms with Gasteiger partial charge in [0.1, 0.15) is 5.75 Å². The first-order valence-corrected chi connectivity index (χ1v) is 9.07. The Morgan fingerprint density at radius 1 is 1.08 bits per heavy atom. The summed E-state index contributed by atoms with van der Waals surface area (Å²) < 4.78 is 5.71. The first kappa shape index (κ1) is 17.9. The summed E-state index contributed by atoms with van der Waals surface area (Å²) >= 11 is 12.1. The molecule has 0 saturated carbocycles. The number of amides is 1. The minimum Gasteiger partial charge on any atom is -0.492 e. The van der Waals surface area contributed by atoms with Gasteiger partial charge in [-0.05, 0) is 37.3 Å². The van der Waals surface area contributed by atoms with Gasteiger partial charge in [0.15, 0.2) is 0 Å². The van der Waals surface area contributed by atoms with Crippen molar-refractivity contribution < 1.29 is 9.53 Å². The van der Waals surface area contributed by atoms with Crippen molar-refractivity contribution in [3.8, 4) is 5.75 Å². The molecule has 0 spiro atoms. The highest BCUT2D eigenvalue weighted by Gasteiger charge is 2.25. The Bertz CT molecular complexity index is 759. The van der Waals surface area contributed by atoms with Gasteiger partial charge in [-0.3, -0.25) is 4.79 Å². The number of carbonyl (C=O) groups excluding carboxylic acids is 1. The lowest BCUT2D eigenvalue weighted by Crippen LogP contribution is -2.49. The van der Waals surface area contributed by atoms with E-state index in [1.165, 1.54) is 0 Å². The fraction of sp³-hybridized carbons (Fsp3) is 0.316. The summed E-state index contributed by atoms with van der Waals surface area (Å²) in [6.07, 6.45) is 0. The van der Waals surface area contributed by atoms with Crippen LogP contribution in [0.3, 0.4) is 0 Å². The van der Waals surface area contributed by atoms with E-state index in [0.29, 0.717) is 35.3 Å². The second-order valence-corrected chi connectivity index (χ2v) is 6.65. The molecule has 132 valence electrons. The quantitative estimate of drug-likeness (QED) is 0.792. The molecule has 25 heavy (non-hydrogen) atoms. The van der Waals surface area contributed by atoms with Gasteiger partial charge < -0.3 is 14.5 Å². The average Bonchev–Trinajstić information content (AvgIpc) is 2.62. The van der Waals surface area contributed by atoms with Crippen LogP contribution in [0.25, 0.3) is 0 Å². The van der Waals surface area contributed by atoms with E-state index in [4.69, 9.17) is 27.9 Å². The second-order valence-electron chi connectivity index (χ2n) is 5.80. The molecule has 2 aromatic carbocycles. The number of piperazine rings is 1. The highest BCUT2D eigenvalue weighted by molar-refractivity contribution is 6.36. The number of anilines is 1. The number of carbonyl (C=O) groups is 1. The molecule has 6 heteroatoms. The number of para-hydroxylation sites is 2. The largest absolute Gasteiger partial charge is 0.492 e. The summed E-state index contributed by atoms with van der Waals surface area (Å²) in [5, 5.41) is 0.917. The van der Waals surface area contributed by atoms with Crippen molar-refractivity contribution in [1.82, 2.24) is 4.90 Å². The SMILES string of the molecule is CCOc1ccccc1N1CCN(C(=O)c2ccc(Cl)cc2Cl)CC1. The van der Waals surface area contributed by atoms with Crippen LogP contribution >= 0.6 is 23.2 Å². The fourth-order valence-electron chi connectivity index (χ4n) is 2.98. The molecule has 1 fully saturated rings. The maximum absolute atomic E-state index is 12.7. The van der Waals surface area contributed by atoms with Crippen LogP contribution in [-0.2, 0) is 0 Å². The third-order valence-corrected chi connectivity index (χ3v) is 4.78. The maximum atomic E-state index is 12.7. The Morgan fingerprint density at radius 2 is 1.80 bits per heavy atom. The molecule has 0 atom stereocenters. The van der Waals surface area contributed by atoms with Gasteiger partial charge in [-0.2, -0.15) is 0 Å². The minimum atomic E-state index is -0.0561. The van der Waals surface area contributed by atoms with Gasteiger partial charge in [-0.1, -0.05) is 35.3 Å². The zero-order valence-corrected chi connectivity index (χ0v) is 15.6. The molecule has 1 aliphatic heterocycles. The zero-order chi connectivity index (χ0) is 17.8. The molecule has 1 aliphatic rings. The van der Waals surface area contributed by atoms with Crippen molar-refractivity contribution in [2.75, 3.05) is 37.7 Å². The highest BCUT2D eigenvalue weighted by atomic mass is 35.5. The predicted octanol–water partition coefficient (Wildman–Crippen LogP) is 4.35. The van der Waals surface area contributed by atoms with Crippen LogP contribution in [0.15, 0.2) is 42.5 Å². The molecule has 1 saturated heterocycles. The van der Waals surface area contributed by atoms with E-state index in [1.807, 2.05) is 30.0 Å². The Labute approximate surface area is 157 Å². The molecule has 2 aromatic rings. The standard InChI is InChI=1S/C19H20Cl2N2O2/c1-2-25-18-6-4-3-5-17(18)22-9-11-23(12-10-22)19(24)15-8-7-14(20)13-16(15)21/h3-8,13H,2,9-12H2,1H3. The topological polar surface area (TPSA) is 32.8 Å². The third-order valence-electron chi connectivity index (χ3n) is 4.23. The van der Waals surface area contributed by atoms with Crippen molar-refractivity contribution in [2.24, 2.45) is 0 Å². The normalized spacial score (nSPS) is 14.5. The fourth-order valence-corrected chi connectivity index (χ4v) is 3.47. The molecule has 0 N–H and O–H groups in total. The van der Waals surface area contributed by atoms with Crippen molar-refractivity contribution in [3.05, 3.63) is 58.1 Å². The van der Waals surface area contributed by atoms with Gasteiger partial charge >= 0.3 is 0 Å². The minimum absolute atomic E-state index is 0.0561. The third kappa shape index (κ3) is 4.02. The van der Waals surface area contributed by atoms with Crippen LogP contribution in [0.2, 0.25) is 10.0 Å². The van der Waals surface area contributed by atoms with Crippen LogP contribution in [0.5, 0.6) is 5.75 Å². The van der Waals surface area contributed by atoms with E-state index in [1.54, 1.807) is 18.2 Å². The van der Waals surface area contributed by atoms with Gasteiger partial charge in [0.2, 0.25) is 0 Å². The number of benzene rings is 2. The van der Waals surface area contributed by atoms with Crippen molar-refractivity contribution in [3.63, 3.8) is 0 Å². The average molecular weight is 379 g/mol. The first-order valence-electron chi connectivity index (χ1n) is 8.31. The van der Waals surface area contributed by atoms with Gasteiger partial charge in [-0.15, -0.1) is 0 Å². The molecular weight excluding hydrogens is 359 g/mol. The van der Waals surface area contributed by atoms with Gasteiger partial charge in [0.05, 0.1) is 22.9 Å². The Kier molecular flexibility index (Phi) is 5.71. The number of hydrogen-bond donors (Lipinski definition) is 0. The molecular formula is C19H20Cl2N2O2. The molecule has 3 rings (SSSR count). The summed E-state index contributed by atoms with van der Waals surface area (Å²) in [5.41, 5.74) is 1.57. The molecule has 0 unspecified atom stereocenters. The van der Waals surface area contributed by atoms with Crippen molar-refractivity contribution in [2.45, 2.75) is 6.92 Å². The highest BCUT2D eigenvalue weighted by Crippen LogP contribution is 2.29. The lowest BCUT2D eigenvalue weighted by molar-refractivity contribution is 0.0747. The Balaban J connectivity index is 1.69. The molecule has 4 nitrogen and oxygen atoms in total. The molecule has 1 heterocycles. The summed E-state index contributed by atoms with van der Waals surface area (Å²) in [4.78, 5) is 16.8. The summed E-state index contributed by atoms with van der Waals surface area (Å²) in [5.74, 6) is 0.824. The van der Waals surface area contributed by atoms with E-state index in [0.717, 1.165) is 24.5 Å². The number of ether oxygens (including phenoxy) is 1. The summed E-state index contributed by atoms with van der Waals surface area (Å²) in [6.45, 7) is 5.38. The van der Waals surface area contributed by atoms with Gasteiger partial charge in [0, 0.05) is 31.2 Å². The number of rotatable bonds is 4. The van der Waals surface area contributed by atoms with E-state index in [9.17, 15) is 4.79 Å². The zero-order valence-electron chi connectivity index (χ0n) is 14.0. The number of hydrogen-bond acceptors (Lipinski definition) is 3. The maximum Gasteiger partial charge on any atom is 0.255 e. The predicted molar refractivity (Wildman–Crippen MR) is 102 cm³/mol. The monoisotopic (exact) mass is 378 g/mol. The Hall–Kier alpha value is -1.91. The van der Waals surface area contributed by atoms with Crippen molar-refractivity contribution in [1.29, 1.82) is 0 Å². The van der Waals surface area contributed by atoms with Crippen LogP contribution in [0.1, 0.15) is 17.3 Å². The molecule has 0 aromatic heterocycles.